The minimum Gasteiger partial charge on any atom is -0.379 e. The predicted octanol–water partition coefficient (Wildman–Crippen LogP) is 3.80. The molecule has 2 heteroatoms. The van der Waals surface area contributed by atoms with Crippen LogP contribution in [0.15, 0.2) is 60.7 Å². The molecule has 1 saturated heterocycles. The average Bonchev–Trinajstić information content (AvgIpc) is 2.62. The number of hydrogen-bond donors (Lipinski definition) is 1. The first-order valence-electron chi connectivity index (χ1n) is 8.34. The second-order valence-corrected chi connectivity index (χ2v) is 6.14. The monoisotopic (exact) mass is 295 g/mol. The standard InChI is InChI=1S/C20H25NO/c1-2-21-16-10-9-15-19(21)20(22,17-11-5-3-6-12-17)18-13-7-4-8-14-18/h3-8,11-14,19,22H,2,9-10,15-16H2,1H3. The molecule has 2 aromatic carbocycles. The van der Waals surface area contributed by atoms with Crippen molar-refractivity contribution in [1.82, 2.24) is 4.90 Å². The van der Waals surface area contributed by atoms with E-state index in [0.717, 1.165) is 30.6 Å². The summed E-state index contributed by atoms with van der Waals surface area (Å²) >= 11 is 0. The van der Waals surface area contributed by atoms with E-state index < -0.39 is 5.60 Å². The van der Waals surface area contributed by atoms with Crippen molar-refractivity contribution in [2.24, 2.45) is 0 Å². The van der Waals surface area contributed by atoms with E-state index in [1.54, 1.807) is 0 Å². The lowest BCUT2D eigenvalue weighted by Gasteiger charge is -2.46. The van der Waals surface area contributed by atoms with Crippen LogP contribution in [0.5, 0.6) is 0 Å². The number of aliphatic hydroxyl groups is 1. The van der Waals surface area contributed by atoms with Crippen molar-refractivity contribution in [3.63, 3.8) is 0 Å². The highest BCUT2D eigenvalue weighted by molar-refractivity contribution is 5.38. The molecule has 1 aliphatic rings. The Labute approximate surface area is 133 Å². The quantitative estimate of drug-likeness (QED) is 0.927. The number of likely N-dealkylation sites (N-methyl/N-ethyl adjacent to an activating group) is 1. The van der Waals surface area contributed by atoms with Crippen molar-refractivity contribution in [2.75, 3.05) is 13.1 Å². The third kappa shape index (κ3) is 2.69. The van der Waals surface area contributed by atoms with Crippen LogP contribution in [0.3, 0.4) is 0 Å². The predicted molar refractivity (Wildman–Crippen MR) is 90.8 cm³/mol. The van der Waals surface area contributed by atoms with Crippen LogP contribution >= 0.6 is 0 Å². The van der Waals surface area contributed by atoms with Gasteiger partial charge in [0.05, 0.1) is 0 Å². The molecule has 0 aromatic heterocycles. The first kappa shape index (κ1) is 15.3. The van der Waals surface area contributed by atoms with Crippen LogP contribution < -0.4 is 0 Å². The van der Waals surface area contributed by atoms with Gasteiger partial charge in [0.25, 0.3) is 0 Å². The molecule has 1 unspecified atom stereocenters. The Kier molecular flexibility index (Phi) is 4.60. The van der Waals surface area contributed by atoms with Gasteiger partial charge in [-0.2, -0.15) is 0 Å². The van der Waals surface area contributed by atoms with E-state index in [1.807, 2.05) is 36.4 Å². The van der Waals surface area contributed by atoms with Gasteiger partial charge in [-0.05, 0) is 37.1 Å². The molecule has 1 atom stereocenters. The fourth-order valence-electron chi connectivity index (χ4n) is 3.78. The topological polar surface area (TPSA) is 23.5 Å². The molecule has 0 spiro atoms. The van der Waals surface area contributed by atoms with Crippen molar-refractivity contribution >= 4 is 0 Å². The molecule has 0 radical (unpaired) electrons. The lowest BCUT2D eigenvalue weighted by Crippen LogP contribution is -2.53. The average molecular weight is 295 g/mol. The maximum atomic E-state index is 11.8. The highest BCUT2D eigenvalue weighted by atomic mass is 16.3. The highest BCUT2D eigenvalue weighted by Gasteiger charge is 2.43. The van der Waals surface area contributed by atoms with Crippen molar-refractivity contribution in [3.8, 4) is 0 Å². The Balaban J connectivity index is 2.11. The van der Waals surface area contributed by atoms with Crippen LogP contribution in [-0.2, 0) is 5.60 Å². The van der Waals surface area contributed by atoms with Gasteiger partial charge in [-0.1, -0.05) is 74.0 Å². The van der Waals surface area contributed by atoms with Crippen molar-refractivity contribution in [1.29, 1.82) is 0 Å². The largest absolute Gasteiger partial charge is 0.379 e. The summed E-state index contributed by atoms with van der Waals surface area (Å²) in [6.07, 6.45) is 3.45. The second-order valence-electron chi connectivity index (χ2n) is 6.14. The lowest BCUT2D eigenvalue weighted by atomic mass is 9.76. The maximum absolute atomic E-state index is 11.8. The van der Waals surface area contributed by atoms with E-state index in [-0.39, 0.29) is 6.04 Å². The van der Waals surface area contributed by atoms with Gasteiger partial charge in [-0.3, -0.25) is 4.90 Å². The molecule has 2 nitrogen and oxygen atoms in total. The van der Waals surface area contributed by atoms with E-state index in [0.29, 0.717) is 0 Å². The van der Waals surface area contributed by atoms with Crippen LogP contribution in [0, 0.1) is 0 Å². The van der Waals surface area contributed by atoms with Gasteiger partial charge in [-0.15, -0.1) is 0 Å². The summed E-state index contributed by atoms with van der Waals surface area (Å²) in [7, 11) is 0. The minimum atomic E-state index is -0.945. The molecule has 3 rings (SSSR count). The zero-order valence-corrected chi connectivity index (χ0v) is 13.3. The Morgan fingerprint density at radius 2 is 1.50 bits per heavy atom. The number of hydrogen-bond acceptors (Lipinski definition) is 2. The van der Waals surface area contributed by atoms with Crippen molar-refractivity contribution in [3.05, 3.63) is 71.8 Å². The fraction of sp³-hybridized carbons (Fsp3) is 0.400. The molecule has 0 bridgehead atoms. The molecular formula is C20H25NO. The molecular weight excluding hydrogens is 270 g/mol. The summed E-state index contributed by atoms with van der Waals surface area (Å²) in [5.74, 6) is 0. The summed E-state index contributed by atoms with van der Waals surface area (Å²) in [5.41, 5.74) is 1.04. The summed E-state index contributed by atoms with van der Waals surface area (Å²) in [6, 6.07) is 20.4. The molecule has 2 aromatic rings. The molecule has 0 saturated carbocycles. The molecule has 1 fully saturated rings. The number of benzene rings is 2. The van der Waals surface area contributed by atoms with Crippen LogP contribution in [0.1, 0.15) is 37.3 Å². The Bertz CT molecular complexity index is 542. The van der Waals surface area contributed by atoms with Gasteiger partial charge in [0, 0.05) is 6.04 Å². The maximum Gasteiger partial charge on any atom is 0.130 e. The number of piperidine rings is 1. The first-order valence-corrected chi connectivity index (χ1v) is 8.34. The molecule has 0 amide bonds. The van der Waals surface area contributed by atoms with Gasteiger partial charge in [0.2, 0.25) is 0 Å². The molecule has 1 heterocycles. The van der Waals surface area contributed by atoms with Crippen molar-refractivity contribution < 1.29 is 5.11 Å². The molecule has 22 heavy (non-hydrogen) atoms. The summed E-state index contributed by atoms with van der Waals surface area (Å²) < 4.78 is 0. The smallest absolute Gasteiger partial charge is 0.130 e. The summed E-state index contributed by atoms with van der Waals surface area (Å²) in [6.45, 7) is 4.24. The third-order valence-electron chi connectivity index (χ3n) is 4.93. The zero-order chi connectivity index (χ0) is 15.4. The number of rotatable bonds is 4. The Morgan fingerprint density at radius 3 is 2.00 bits per heavy atom. The Morgan fingerprint density at radius 1 is 0.955 bits per heavy atom. The SMILES string of the molecule is CCN1CCCCC1C(O)(c1ccccc1)c1ccccc1. The van der Waals surface area contributed by atoms with Gasteiger partial charge in [-0.25, -0.2) is 0 Å². The summed E-state index contributed by atoms with van der Waals surface area (Å²) in [5, 5.41) is 11.8. The number of nitrogens with zero attached hydrogens (tertiary/aromatic N) is 1. The van der Waals surface area contributed by atoms with Gasteiger partial charge in [0.1, 0.15) is 5.60 Å². The Hall–Kier alpha value is -1.64. The van der Waals surface area contributed by atoms with Crippen LogP contribution in [0.25, 0.3) is 0 Å². The molecule has 116 valence electrons. The van der Waals surface area contributed by atoms with E-state index in [2.05, 4.69) is 36.1 Å². The van der Waals surface area contributed by atoms with Crippen molar-refractivity contribution in [2.45, 2.75) is 37.8 Å². The van der Waals surface area contributed by atoms with Crippen LogP contribution in [-0.4, -0.2) is 29.1 Å². The minimum absolute atomic E-state index is 0.135. The highest BCUT2D eigenvalue weighted by Crippen LogP contribution is 2.39. The van der Waals surface area contributed by atoms with E-state index in [9.17, 15) is 5.11 Å². The van der Waals surface area contributed by atoms with Gasteiger partial charge < -0.3 is 5.11 Å². The zero-order valence-electron chi connectivity index (χ0n) is 13.3. The van der Waals surface area contributed by atoms with E-state index in [1.165, 1.54) is 12.8 Å². The molecule has 1 aliphatic heterocycles. The van der Waals surface area contributed by atoms with Crippen LogP contribution in [0.4, 0.5) is 0 Å². The second kappa shape index (κ2) is 6.64. The fourth-order valence-corrected chi connectivity index (χ4v) is 3.78. The third-order valence-corrected chi connectivity index (χ3v) is 4.93. The van der Waals surface area contributed by atoms with E-state index >= 15 is 0 Å². The first-order chi connectivity index (χ1) is 10.8. The van der Waals surface area contributed by atoms with Crippen LogP contribution in [0.2, 0.25) is 0 Å². The van der Waals surface area contributed by atoms with Gasteiger partial charge >= 0.3 is 0 Å². The molecule has 0 aliphatic carbocycles. The van der Waals surface area contributed by atoms with Gasteiger partial charge in [0.15, 0.2) is 0 Å². The normalized spacial score (nSPS) is 20.0. The lowest BCUT2D eigenvalue weighted by molar-refractivity contribution is -0.0361. The summed E-state index contributed by atoms with van der Waals surface area (Å²) in [4.78, 5) is 2.43. The molecule has 1 N–H and O–H groups in total. The number of likely N-dealkylation sites (tertiary alicyclic amines) is 1. The van der Waals surface area contributed by atoms with E-state index in [4.69, 9.17) is 0 Å².